The number of carbonyl (C=O) groups excluding carboxylic acids is 2. The second-order valence-corrected chi connectivity index (χ2v) is 9.51. The lowest BCUT2D eigenvalue weighted by molar-refractivity contribution is -0.106. The summed E-state index contributed by atoms with van der Waals surface area (Å²) in [5.74, 6) is 1.44. The summed E-state index contributed by atoms with van der Waals surface area (Å²) in [6, 6.07) is 11.1. The Hall–Kier alpha value is -3.61. The molecule has 0 saturated heterocycles. The van der Waals surface area contributed by atoms with E-state index in [1.54, 1.807) is 30.6 Å². The first-order valence-corrected chi connectivity index (χ1v) is 11.2. The van der Waals surface area contributed by atoms with E-state index in [0.717, 1.165) is 35.9 Å². The fourth-order valence-electron chi connectivity index (χ4n) is 3.65. The van der Waals surface area contributed by atoms with Gasteiger partial charge in [0, 0.05) is 24.5 Å². The largest absolute Gasteiger partial charge is 0.350 e. The van der Waals surface area contributed by atoms with Gasteiger partial charge in [0.05, 0.1) is 5.69 Å². The Labute approximate surface area is 194 Å². The maximum absolute atomic E-state index is 12.6. The number of amides is 2. The van der Waals surface area contributed by atoms with Crippen LogP contribution in [0.2, 0.25) is 0 Å². The zero-order valence-corrected chi connectivity index (χ0v) is 19.5. The Balaban J connectivity index is 1.73. The van der Waals surface area contributed by atoms with E-state index in [4.69, 9.17) is 0 Å². The molecule has 2 heterocycles. The van der Waals surface area contributed by atoms with Gasteiger partial charge >= 0.3 is 0 Å². The summed E-state index contributed by atoms with van der Waals surface area (Å²) in [4.78, 5) is 39.5. The molecule has 1 saturated carbocycles. The molecule has 1 aliphatic rings. The number of rotatable bonds is 7. The molecule has 1 fully saturated rings. The number of hydrogen-bond acceptors (Lipinski definition) is 5. The zero-order chi connectivity index (χ0) is 23.6. The van der Waals surface area contributed by atoms with Gasteiger partial charge in [-0.3, -0.25) is 14.5 Å². The summed E-state index contributed by atoms with van der Waals surface area (Å²) in [5.41, 5.74) is 3.51. The van der Waals surface area contributed by atoms with Gasteiger partial charge in [-0.25, -0.2) is 15.0 Å². The number of benzene rings is 1. The number of aryl methyl sites for hydroxylation is 1. The molecule has 2 amide bonds. The monoisotopic (exact) mass is 443 g/mol. The highest BCUT2D eigenvalue weighted by atomic mass is 16.2. The average molecular weight is 444 g/mol. The van der Waals surface area contributed by atoms with E-state index in [0.29, 0.717) is 35.5 Å². The van der Waals surface area contributed by atoms with Gasteiger partial charge in [0.1, 0.15) is 17.3 Å². The molecular weight excluding hydrogens is 414 g/mol. The van der Waals surface area contributed by atoms with E-state index in [-0.39, 0.29) is 11.3 Å². The predicted octanol–water partition coefficient (Wildman–Crippen LogP) is 4.58. The molecule has 7 heteroatoms. The summed E-state index contributed by atoms with van der Waals surface area (Å²) in [7, 11) is 0. The van der Waals surface area contributed by atoms with Crippen molar-refractivity contribution >= 4 is 23.8 Å². The highest BCUT2D eigenvalue weighted by Crippen LogP contribution is 2.37. The van der Waals surface area contributed by atoms with Crippen LogP contribution in [0.4, 0.5) is 11.5 Å². The van der Waals surface area contributed by atoms with Crippen LogP contribution in [0.25, 0.3) is 11.1 Å². The van der Waals surface area contributed by atoms with E-state index in [1.807, 2.05) is 25.1 Å². The Kier molecular flexibility index (Phi) is 6.22. The highest BCUT2D eigenvalue weighted by molar-refractivity contribution is 5.94. The van der Waals surface area contributed by atoms with Gasteiger partial charge in [0.2, 0.25) is 6.41 Å². The lowest BCUT2D eigenvalue weighted by Gasteiger charge is -2.28. The number of carbonyl (C=O) groups is 2. The van der Waals surface area contributed by atoms with Crippen molar-refractivity contribution in [1.82, 2.24) is 20.3 Å². The van der Waals surface area contributed by atoms with Crippen LogP contribution in [0.15, 0.2) is 48.8 Å². The van der Waals surface area contributed by atoms with Crippen molar-refractivity contribution in [3.05, 3.63) is 65.9 Å². The van der Waals surface area contributed by atoms with E-state index in [9.17, 15) is 9.59 Å². The molecule has 0 unspecified atom stereocenters. The van der Waals surface area contributed by atoms with Gasteiger partial charge in [-0.2, -0.15) is 0 Å². The number of hydrogen-bond donors (Lipinski definition) is 1. The molecule has 3 aromatic rings. The molecule has 1 aromatic carbocycles. The topological polar surface area (TPSA) is 88.1 Å². The smallest absolute Gasteiger partial charge is 0.269 e. The van der Waals surface area contributed by atoms with Crippen molar-refractivity contribution in [1.29, 1.82) is 0 Å². The molecule has 0 atom stereocenters. The maximum atomic E-state index is 12.6. The van der Waals surface area contributed by atoms with Crippen molar-refractivity contribution in [2.24, 2.45) is 5.92 Å². The van der Waals surface area contributed by atoms with Gasteiger partial charge < -0.3 is 5.32 Å². The predicted molar refractivity (Wildman–Crippen MR) is 128 cm³/mol. The molecule has 1 aliphatic carbocycles. The molecule has 1 N–H and O–H groups in total. The Bertz CT molecular complexity index is 1160. The molecule has 7 nitrogen and oxygen atoms in total. The lowest BCUT2D eigenvalue weighted by Crippen LogP contribution is -2.27. The van der Waals surface area contributed by atoms with E-state index >= 15 is 0 Å². The molecule has 33 heavy (non-hydrogen) atoms. The number of pyridine rings is 1. The molecule has 0 aliphatic heterocycles. The second kappa shape index (κ2) is 9.10. The fourth-order valence-corrected chi connectivity index (χ4v) is 3.65. The third-order valence-electron chi connectivity index (χ3n) is 5.75. The van der Waals surface area contributed by atoms with Crippen molar-refractivity contribution in [2.45, 2.75) is 46.0 Å². The van der Waals surface area contributed by atoms with Crippen LogP contribution in [-0.2, 0) is 10.2 Å². The number of nitrogens with zero attached hydrogens (tertiary/aromatic N) is 4. The number of anilines is 2. The Morgan fingerprint density at radius 3 is 2.48 bits per heavy atom. The minimum atomic E-state index is -0.226. The third-order valence-corrected chi connectivity index (χ3v) is 5.75. The summed E-state index contributed by atoms with van der Waals surface area (Å²) < 4.78 is 0. The summed E-state index contributed by atoms with van der Waals surface area (Å²) in [6.07, 6.45) is 6.60. The summed E-state index contributed by atoms with van der Waals surface area (Å²) in [5, 5.41) is 2.93. The third kappa shape index (κ3) is 5.25. The van der Waals surface area contributed by atoms with Crippen LogP contribution in [0.1, 0.15) is 55.5 Å². The quantitative estimate of drug-likeness (QED) is 0.540. The fraction of sp³-hybridized carbons (Fsp3) is 0.346. The molecule has 170 valence electrons. The minimum absolute atomic E-state index is 0.224. The van der Waals surface area contributed by atoms with E-state index in [2.05, 4.69) is 41.0 Å². The first-order chi connectivity index (χ1) is 15.8. The first kappa shape index (κ1) is 22.6. The van der Waals surface area contributed by atoms with Crippen LogP contribution in [0.3, 0.4) is 0 Å². The summed E-state index contributed by atoms with van der Waals surface area (Å²) >= 11 is 0. The first-order valence-electron chi connectivity index (χ1n) is 11.2. The highest BCUT2D eigenvalue weighted by Gasteiger charge is 2.25. The summed E-state index contributed by atoms with van der Waals surface area (Å²) in [6.45, 7) is 8.79. The molecule has 4 rings (SSSR count). The van der Waals surface area contributed by atoms with Crippen LogP contribution in [0.5, 0.6) is 0 Å². The van der Waals surface area contributed by atoms with Crippen molar-refractivity contribution in [3.8, 4) is 11.1 Å². The van der Waals surface area contributed by atoms with Crippen molar-refractivity contribution < 1.29 is 9.59 Å². The lowest BCUT2D eigenvalue weighted by atomic mass is 9.84. The second-order valence-electron chi connectivity index (χ2n) is 9.51. The SMILES string of the molecule is Cc1ncc(-c2ccc(C(C)(C)C)c(N(C=O)c3cccc(C(=O)NCC4CC4)n3)c2)cn1. The van der Waals surface area contributed by atoms with Crippen molar-refractivity contribution in [3.63, 3.8) is 0 Å². The zero-order valence-electron chi connectivity index (χ0n) is 19.5. The number of nitrogens with one attached hydrogen (secondary N) is 1. The molecule has 0 radical (unpaired) electrons. The van der Waals surface area contributed by atoms with Crippen LogP contribution < -0.4 is 10.2 Å². The Morgan fingerprint density at radius 1 is 1.12 bits per heavy atom. The van der Waals surface area contributed by atoms with E-state index in [1.165, 1.54) is 4.90 Å². The molecule has 2 aromatic heterocycles. The van der Waals surface area contributed by atoms with Gasteiger partial charge in [-0.15, -0.1) is 0 Å². The van der Waals surface area contributed by atoms with Crippen LogP contribution in [0, 0.1) is 12.8 Å². The van der Waals surface area contributed by atoms with Crippen LogP contribution in [-0.4, -0.2) is 33.8 Å². The van der Waals surface area contributed by atoms with Gasteiger partial charge in [-0.1, -0.05) is 39.0 Å². The minimum Gasteiger partial charge on any atom is -0.350 e. The normalized spacial score (nSPS) is 13.5. The Morgan fingerprint density at radius 2 is 1.85 bits per heavy atom. The average Bonchev–Trinajstić information content (AvgIpc) is 3.62. The van der Waals surface area contributed by atoms with Crippen molar-refractivity contribution in [2.75, 3.05) is 11.4 Å². The number of aromatic nitrogens is 3. The van der Waals surface area contributed by atoms with Gasteiger partial charge in [0.15, 0.2) is 0 Å². The van der Waals surface area contributed by atoms with Crippen LogP contribution >= 0.6 is 0 Å². The van der Waals surface area contributed by atoms with Gasteiger partial charge in [-0.05, 0) is 60.4 Å². The maximum Gasteiger partial charge on any atom is 0.269 e. The van der Waals surface area contributed by atoms with E-state index < -0.39 is 0 Å². The molecule has 0 spiro atoms. The van der Waals surface area contributed by atoms with Gasteiger partial charge in [0.25, 0.3) is 5.91 Å². The molecule has 0 bridgehead atoms. The molecular formula is C26H29N5O2. The standard InChI is InChI=1S/C26H29N5O2/c1-17-27-14-20(15-28-17)19-10-11-21(26(2,3)4)23(12-19)31(16-32)24-7-5-6-22(30-24)25(33)29-13-18-8-9-18/h5-7,10-12,14-16,18H,8-9,13H2,1-4H3,(H,29,33).